The highest BCUT2D eigenvalue weighted by atomic mass is 32.2. The summed E-state index contributed by atoms with van der Waals surface area (Å²) in [5.41, 5.74) is 2.61. The lowest BCUT2D eigenvalue weighted by atomic mass is 10.0. The van der Waals surface area contributed by atoms with Gasteiger partial charge in [-0.1, -0.05) is 36.4 Å². The summed E-state index contributed by atoms with van der Waals surface area (Å²) in [7, 11) is -1.94. The third-order valence-electron chi connectivity index (χ3n) is 3.25. The highest BCUT2D eigenvalue weighted by molar-refractivity contribution is 7.87. The number of hydrogen-bond acceptors (Lipinski definition) is 4. The van der Waals surface area contributed by atoms with E-state index in [-0.39, 0.29) is 5.75 Å². The first kappa shape index (κ1) is 13.7. The number of fused-ring (bicyclic) bond motifs is 1. The molecule has 1 aliphatic rings. The summed E-state index contributed by atoms with van der Waals surface area (Å²) >= 11 is 0. The second-order valence-electron chi connectivity index (χ2n) is 4.69. The van der Waals surface area contributed by atoms with Crippen molar-refractivity contribution < 1.29 is 17.3 Å². The molecule has 0 spiro atoms. The zero-order chi connectivity index (χ0) is 14.9. The van der Waals surface area contributed by atoms with Crippen molar-refractivity contribution in [1.82, 2.24) is 0 Å². The van der Waals surface area contributed by atoms with Crippen molar-refractivity contribution in [2.24, 2.45) is 0 Å². The van der Waals surface area contributed by atoms with E-state index < -0.39 is 10.1 Å². The first-order chi connectivity index (χ1) is 10.1. The Morgan fingerprint density at radius 3 is 2.48 bits per heavy atom. The molecule has 0 fully saturated rings. The van der Waals surface area contributed by atoms with Gasteiger partial charge in [0.15, 0.2) is 0 Å². The molecule has 0 unspecified atom stereocenters. The lowest BCUT2D eigenvalue weighted by Crippen LogP contribution is -2.11. The molecule has 0 radical (unpaired) electrons. The van der Waals surface area contributed by atoms with Crippen LogP contribution in [0.5, 0.6) is 11.5 Å². The SMILES string of the molecule is COc1ccc(-c2ccc3c(c2)OS(=O)(=O)CC=C3)cc1. The van der Waals surface area contributed by atoms with Crippen LogP contribution >= 0.6 is 0 Å². The molecular formula is C16H14O4S. The van der Waals surface area contributed by atoms with Gasteiger partial charge in [-0.05, 0) is 29.3 Å². The summed E-state index contributed by atoms with van der Waals surface area (Å²) in [6.07, 6.45) is 3.35. The fourth-order valence-corrected chi connectivity index (χ4v) is 2.99. The Kier molecular flexibility index (Phi) is 3.43. The molecule has 108 valence electrons. The highest BCUT2D eigenvalue weighted by Crippen LogP contribution is 2.31. The van der Waals surface area contributed by atoms with Crippen molar-refractivity contribution in [3.63, 3.8) is 0 Å². The fraction of sp³-hybridized carbons (Fsp3) is 0.125. The van der Waals surface area contributed by atoms with Gasteiger partial charge in [0, 0.05) is 5.56 Å². The van der Waals surface area contributed by atoms with Gasteiger partial charge < -0.3 is 8.92 Å². The quantitative estimate of drug-likeness (QED) is 0.800. The van der Waals surface area contributed by atoms with Gasteiger partial charge in [0.2, 0.25) is 0 Å². The summed E-state index contributed by atoms with van der Waals surface area (Å²) in [5, 5.41) is 0. The van der Waals surface area contributed by atoms with Crippen molar-refractivity contribution in [1.29, 1.82) is 0 Å². The van der Waals surface area contributed by atoms with Crippen LogP contribution in [0, 0.1) is 0 Å². The Morgan fingerprint density at radius 2 is 1.76 bits per heavy atom. The lowest BCUT2D eigenvalue weighted by molar-refractivity contribution is 0.415. The first-order valence-electron chi connectivity index (χ1n) is 6.44. The molecule has 0 aliphatic carbocycles. The van der Waals surface area contributed by atoms with E-state index in [4.69, 9.17) is 8.92 Å². The molecule has 0 atom stereocenters. The van der Waals surface area contributed by atoms with Gasteiger partial charge in [-0.3, -0.25) is 0 Å². The largest absolute Gasteiger partial charge is 0.497 e. The summed E-state index contributed by atoms with van der Waals surface area (Å²) in [6.45, 7) is 0. The normalized spacial score (nSPS) is 15.7. The Hall–Kier alpha value is -2.27. The minimum absolute atomic E-state index is 0.112. The third-order valence-corrected chi connectivity index (χ3v) is 4.29. The maximum Gasteiger partial charge on any atom is 0.312 e. The molecule has 0 N–H and O–H groups in total. The van der Waals surface area contributed by atoms with Crippen LogP contribution in [0.3, 0.4) is 0 Å². The van der Waals surface area contributed by atoms with Crippen molar-refractivity contribution in [3.05, 3.63) is 54.1 Å². The molecule has 5 heteroatoms. The molecule has 0 aromatic heterocycles. The molecule has 2 aromatic carbocycles. The minimum atomic E-state index is -3.55. The van der Waals surface area contributed by atoms with Crippen LogP contribution in [0.15, 0.2) is 48.5 Å². The average molecular weight is 302 g/mol. The van der Waals surface area contributed by atoms with Crippen LogP contribution in [-0.4, -0.2) is 21.3 Å². The predicted octanol–water partition coefficient (Wildman–Crippen LogP) is 3.10. The molecular weight excluding hydrogens is 288 g/mol. The van der Waals surface area contributed by atoms with E-state index in [2.05, 4.69) is 0 Å². The van der Waals surface area contributed by atoms with Gasteiger partial charge in [-0.2, -0.15) is 8.42 Å². The molecule has 0 amide bonds. The minimum Gasteiger partial charge on any atom is -0.497 e. The van der Waals surface area contributed by atoms with E-state index in [1.807, 2.05) is 36.4 Å². The molecule has 1 aliphatic heterocycles. The lowest BCUT2D eigenvalue weighted by Gasteiger charge is -2.09. The number of benzene rings is 2. The molecule has 0 saturated heterocycles. The molecule has 2 aromatic rings. The topological polar surface area (TPSA) is 52.6 Å². The van der Waals surface area contributed by atoms with E-state index in [0.29, 0.717) is 5.75 Å². The van der Waals surface area contributed by atoms with Crippen molar-refractivity contribution in [2.45, 2.75) is 0 Å². The van der Waals surface area contributed by atoms with Gasteiger partial charge in [-0.15, -0.1) is 0 Å². The molecule has 0 bridgehead atoms. The van der Waals surface area contributed by atoms with Crippen LogP contribution in [0.25, 0.3) is 17.2 Å². The van der Waals surface area contributed by atoms with Crippen molar-refractivity contribution in [3.8, 4) is 22.6 Å². The zero-order valence-corrected chi connectivity index (χ0v) is 12.3. The Balaban J connectivity index is 2.02. The van der Waals surface area contributed by atoms with Gasteiger partial charge in [0.1, 0.15) is 17.3 Å². The van der Waals surface area contributed by atoms with Gasteiger partial charge in [-0.25, -0.2) is 0 Å². The third kappa shape index (κ3) is 2.92. The molecule has 21 heavy (non-hydrogen) atoms. The summed E-state index contributed by atoms with van der Waals surface area (Å²) in [6, 6.07) is 13.1. The van der Waals surface area contributed by atoms with Gasteiger partial charge in [0.25, 0.3) is 0 Å². The number of rotatable bonds is 2. The second kappa shape index (κ2) is 5.26. The maximum absolute atomic E-state index is 11.7. The van der Waals surface area contributed by atoms with Crippen LogP contribution < -0.4 is 8.92 Å². The number of ether oxygens (including phenoxy) is 1. The van der Waals surface area contributed by atoms with Crippen LogP contribution in [0.2, 0.25) is 0 Å². The second-order valence-corrected chi connectivity index (χ2v) is 6.31. The average Bonchev–Trinajstić information content (AvgIpc) is 2.63. The van der Waals surface area contributed by atoms with Crippen LogP contribution in [0.4, 0.5) is 0 Å². The monoisotopic (exact) mass is 302 g/mol. The molecule has 0 saturated carbocycles. The molecule has 3 rings (SSSR count). The Bertz CT molecular complexity index is 790. The van der Waals surface area contributed by atoms with Crippen LogP contribution in [-0.2, 0) is 10.1 Å². The van der Waals surface area contributed by atoms with Gasteiger partial charge in [0.05, 0.1) is 7.11 Å². The van der Waals surface area contributed by atoms with E-state index in [1.165, 1.54) is 0 Å². The van der Waals surface area contributed by atoms with Crippen molar-refractivity contribution in [2.75, 3.05) is 12.9 Å². The van der Waals surface area contributed by atoms with E-state index in [9.17, 15) is 8.42 Å². The zero-order valence-electron chi connectivity index (χ0n) is 11.4. The number of hydrogen-bond donors (Lipinski definition) is 0. The molecule has 4 nitrogen and oxygen atoms in total. The Labute approximate surface area is 123 Å². The first-order valence-corrected chi connectivity index (χ1v) is 8.02. The fourth-order valence-electron chi connectivity index (χ4n) is 2.17. The predicted molar refractivity (Wildman–Crippen MR) is 81.9 cm³/mol. The Morgan fingerprint density at radius 1 is 1.05 bits per heavy atom. The van der Waals surface area contributed by atoms with Gasteiger partial charge >= 0.3 is 10.1 Å². The van der Waals surface area contributed by atoms with E-state index in [0.717, 1.165) is 22.4 Å². The number of methoxy groups -OCH3 is 1. The standard InChI is InChI=1S/C16H14O4S/c1-19-15-8-6-12(7-9-15)14-5-4-13-3-2-10-21(17,18)20-16(13)11-14/h2-9,11H,10H2,1H3. The highest BCUT2D eigenvalue weighted by Gasteiger charge is 2.17. The summed E-state index contributed by atoms with van der Waals surface area (Å²) in [5.74, 6) is 1.02. The van der Waals surface area contributed by atoms with Crippen molar-refractivity contribution >= 4 is 16.2 Å². The van der Waals surface area contributed by atoms with Crippen LogP contribution in [0.1, 0.15) is 5.56 Å². The van der Waals surface area contributed by atoms with E-state index in [1.54, 1.807) is 25.3 Å². The summed E-state index contributed by atoms with van der Waals surface area (Å²) < 4.78 is 33.6. The smallest absolute Gasteiger partial charge is 0.312 e. The maximum atomic E-state index is 11.7. The van der Waals surface area contributed by atoms with E-state index >= 15 is 0 Å². The summed E-state index contributed by atoms with van der Waals surface area (Å²) in [4.78, 5) is 0. The molecule has 1 heterocycles.